The zero-order valence-corrected chi connectivity index (χ0v) is 18.1. The maximum atomic E-state index is 11.7. The van der Waals surface area contributed by atoms with Crippen LogP contribution in [0, 0.1) is 0 Å². The van der Waals surface area contributed by atoms with Crippen molar-refractivity contribution < 1.29 is 15.4 Å². The van der Waals surface area contributed by atoms with Crippen LogP contribution in [0.4, 0.5) is 0 Å². The third-order valence-electron chi connectivity index (χ3n) is 3.62. The van der Waals surface area contributed by atoms with Gasteiger partial charge in [0.1, 0.15) is 18.3 Å². The van der Waals surface area contributed by atoms with Crippen LogP contribution in [-0.2, 0) is 16.9 Å². The second kappa shape index (κ2) is 11.7. The molecule has 0 radical (unpaired) electrons. The van der Waals surface area contributed by atoms with Crippen molar-refractivity contribution in [2.24, 2.45) is 0 Å². The van der Waals surface area contributed by atoms with Gasteiger partial charge in [0, 0.05) is 47.6 Å². The van der Waals surface area contributed by atoms with Crippen molar-refractivity contribution in [3.05, 3.63) is 46.5 Å². The van der Waals surface area contributed by atoms with Gasteiger partial charge in [0.25, 0.3) is 0 Å². The summed E-state index contributed by atoms with van der Waals surface area (Å²) in [6.07, 6.45) is 3.35. The van der Waals surface area contributed by atoms with Crippen LogP contribution >= 0.6 is 47.4 Å². The molecule has 0 spiro atoms. The predicted molar refractivity (Wildman–Crippen MR) is 112 cm³/mol. The minimum Gasteiger partial charge on any atom is -0.412 e. The molecule has 1 unspecified atom stereocenters. The molecule has 1 aromatic carbocycles. The smallest absolute Gasteiger partial charge is 0.222 e. The van der Waals surface area contributed by atoms with Crippen LogP contribution in [0.2, 0.25) is 10.0 Å². The lowest BCUT2D eigenvalue weighted by molar-refractivity contribution is -0.128. The summed E-state index contributed by atoms with van der Waals surface area (Å²) in [5.74, 6) is 1.01. The van der Waals surface area contributed by atoms with E-state index < -0.39 is 5.60 Å². The number of halogens is 3. The Bertz CT molecular complexity index is 719. The third kappa shape index (κ3) is 7.48. The predicted octanol–water partition coefficient (Wildman–Crippen LogP) is 2.28. The average molecular weight is 458 g/mol. The fraction of sp³-hybridized carbons (Fsp3) is 0.438. The van der Waals surface area contributed by atoms with Crippen molar-refractivity contribution in [3.8, 4) is 0 Å². The molecule has 0 saturated carbocycles. The van der Waals surface area contributed by atoms with E-state index in [0.717, 1.165) is 0 Å². The standard InChI is InChI=1S/C16H20Cl2N4O2S.ClH.H2O/c1-21(2)15(23)5-6-25-9-16(24,8-22-11-19-10-20-22)13-4-3-12(17)7-14(13)18;;/h3-4,7,10-11,24H,5-6,8-9H2,1-2H3;1H;1H2. The molecule has 1 heterocycles. The summed E-state index contributed by atoms with van der Waals surface area (Å²) in [6, 6.07) is 5.01. The molecule has 1 amide bonds. The zero-order valence-electron chi connectivity index (χ0n) is 14.9. The van der Waals surface area contributed by atoms with Crippen molar-refractivity contribution in [2.45, 2.75) is 18.6 Å². The molecule has 0 aliphatic rings. The van der Waals surface area contributed by atoms with Gasteiger partial charge in [-0.3, -0.25) is 4.79 Å². The molecule has 2 rings (SSSR count). The average Bonchev–Trinajstić information content (AvgIpc) is 3.03. The van der Waals surface area contributed by atoms with E-state index in [2.05, 4.69) is 10.1 Å². The third-order valence-corrected chi connectivity index (χ3v) is 5.34. The first kappa shape index (κ1) is 26.0. The largest absolute Gasteiger partial charge is 0.412 e. The molecule has 1 atom stereocenters. The molecule has 152 valence electrons. The maximum Gasteiger partial charge on any atom is 0.222 e. The second-order valence-corrected chi connectivity index (χ2v) is 7.79. The maximum absolute atomic E-state index is 11.7. The normalized spacial score (nSPS) is 12.5. The minimum absolute atomic E-state index is 0. The number of hydrogen-bond acceptors (Lipinski definition) is 5. The molecule has 27 heavy (non-hydrogen) atoms. The van der Waals surface area contributed by atoms with E-state index in [0.29, 0.717) is 33.5 Å². The minimum atomic E-state index is -1.26. The van der Waals surface area contributed by atoms with Crippen LogP contribution in [0.25, 0.3) is 0 Å². The molecule has 11 heteroatoms. The number of nitrogens with zero attached hydrogens (tertiary/aromatic N) is 4. The summed E-state index contributed by atoms with van der Waals surface area (Å²) in [4.78, 5) is 17.1. The Morgan fingerprint density at radius 3 is 2.63 bits per heavy atom. The van der Waals surface area contributed by atoms with Crippen LogP contribution < -0.4 is 0 Å². The van der Waals surface area contributed by atoms with Crippen LogP contribution in [0.15, 0.2) is 30.9 Å². The van der Waals surface area contributed by atoms with Crippen molar-refractivity contribution >= 4 is 53.3 Å². The van der Waals surface area contributed by atoms with E-state index in [1.54, 1.807) is 41.9 Å². The number of thioether (sulfide) groups is 1. The Hall–Kier alpha value is -1.03. The van der Waals surface area contributed by atoms with Gasteiger partial charge in [-0.25, -0.2) is 9.67 Å². The Kier molecular flexibility index (Phi) is 11.3. The fourth-order valence-corrected chi connectivity index (χ4v) is 3.91. The lowest BCUT2D eigenvalue weighted by atomic mass is 9.95. The van der Waals surface area contributed by atoms with Gasteiger partial charge < -0.3 is 15.5 Å². The van der Waals surface area contributed by atoms with Crippen LogP contribution in [0.5, 0.6) is 0 Å². The highest BCUT2D eigenvalue weighted by atomic mass is 35.5. The van der Waals surface area contributed by atoms with E-state index >= 15 is 0 Å². The Balaban J connectivity index is 0.00000338. The summed E-state index contributed by atoms with van der Waals surface area (Å²) in [5, 5.41) is 16.2. The van der Waals surface area contributed by atoms with Crippen LogP contribution in [-0.4, -0.2) is 61.8 Å². The second-order valence-electron chi connectivity index (χ2n) is 5.84. The number of carbonyl (C=O) groups excluding carboxylic acids is 1. The van der Waals surface area contributed by atoms with Crippen molar-refractivity contribution in [1.29, 1.82) is 0 Å². The van der Waals surface area contributed by atoms with Gasteiger partial charge in [-0.2, -0.15) is 16.9 Å². The molecule has 3 N–H and O–H groups in total. The van der Waals surface area contributed by atoms with Crippen molar-refractivity contribution in [3.63, 3.8) is 0 Å². The highest BCUT2D eigenvalue weighted by molar-refractivity contribution is 7.99. The molecule has 0 saturated heterocycles. The van der Waals surface area contributed by atoms with E-state index in [-0.39, 0.29) is 30.3 Å². The number of hydrogen-bond donors (Lipinski definition) is 1. The van der Waals surface area contributed by atoms with Gasteiger partial charge in [0.15, 0.2) is 0 Å². The summed E-state index contributed by atoms with van der Waals surface area (Å²) in [6.45, 7) is 0.197. The monoisotopic (exact) mass is 456 g/mol. The number of benzene rings is 1. The Labute approximate surface area is 178 Å². The van der Waals surface area contributed by atoms with Gasteiger partial charge >= 0.3 is 0 Å². The summed E-state index contributed by atoms with van der Waals surface area (Å²) < 4.78 is 1.55. The fourth-order valence-electron chi connectivity index (χ4n) is 2.28. The lowest BCUT2D eigenvalue weighted by Crippen LogP contribution is -2.35. The summed E-state index contributed by atoms with van der Waals surface area (Å²) >= 11 is 13.7. The first-order valence-electron chi connectivity index (χ1n) is 7.60. The molecule has 0 bridgehead atoms. The lowest BCUT2D eigenvalue weighted by Gasteiger charge is -2.29. The first-order chi connectivity index (χ1) is 11.8. The molecule has 1 aromatic heterocycles. The topological polar surface area (TPSA) is 103 Å². The van der Waals surface area contributed by atoms with Gasteiger partial charge in [-0.1, -0.05) is 29.3 Å². The van der Waals surface area contributed by atoms with Crippen molar-refractivity contribution in [2.75, 3.05) is 25.6 Å². The van der Waals surface area contributed by atoms with E-state index in [1.165, 1.54) is 24.4 Å². The van der Waals surface area contributed by atoms with Crippen molar-refractivity contribution in [1.82, 2.24) is 19.7 Å². The Morgan fingerprint density at radius 2 is 2.07 bits per heavy atom. The van der Waals surface area contributed by atoms with Gasteiger partial charge in [-0.05, 0) is 12.1 Å². The SMILES string of the molecule is CN(C)C(=O)CCSCC(O)(Cn1cncn1)c1ccc(Cl)cc1Cl.Cl.O. The van der Waals surface area contributed by atoms with Gasteiger partial charge in [-0.15, -0.1) is 12.4 Å². The summed E-state index contributed by atoms with van der Waals surface area (Å²) in [7, 11) is 3.45. The molecular formula is C16H23Cl3N4O3S. The number of rotatable bonds is 8. The highest BCUT2D eigenvalue weighted by Gasteiger charge is 2.32. The highest BCUT2D eigenvalue weighted by Crippen LogP contribution is 2.34. The Morgan fingerprint density at radius 1 is 1.37 bits per heavy atom. The zero-order chi connectivity index (χ0) is 18.4. The van der Waals surface area contributed by atoms with E-state index in [9.17, 15) is 9.90 Å². The summed E-state index contributed by atoms with van der Waals surface area (Å²) in [5.41, 5.74) is -0.693. The number of carbonyl (C=O) groups is 1. The number of amides is 1. The van der Waals surface area contributed by atoms with E-state index in [1.807, 2.05) is 0 Å². The quantitative estimate of drug-likeness (QED) is 0.613. The molecular weight excluding hydrogens is 435 g/mol. The first-order valence-corrected chi connectivity index (χ1v) is 9.51. The van der Waals surface area contributed by atoms with Gasteiger partial charge in [0.2, 0.25) is 5.91 Å². The van der Waals surface area contributed by atoms with Crippen LogP contribution in [0.3, 0.4) is 0 Å². The van der Waals surface area contributed by atoms with E-state index in [4.69, 9.17) is 23.2 Å². The molecule has 0 aliphatic heterocycles. The molecule has 0 aliphatic carbocycles. The number of aromatic nitrogens is 3. The van der Waals surface area contributed by atoms with Crippen LogP contribution in [0.1, 0.15) is 12.0 Å². The molecule has 0 fully saturated rings. The van der Waals surface area contributed by atoms with Gasteiger partial charge in [0.05, 0.1) is 6.54 Å². The molecule has 7 nitrogen and oxygen atoms in total. The number of aliphatic hydroxyl groups is 1. The molecule has 2 aromatic rings.